The molecule has 2 fully saturated rings. The van der Waals surface area contributed by atoms with Crippen LogP contribution in [0, 0.1) is 0 Å². The predicted octanol–water partition coefficient (Wildman–Crippen LogP) is 2.56. The van der Waals surface area contributed by atoms with Crippen molar-refractivity contribution in [1.82, 2.24) is 14.9 Å². The van der Waals surface area contributed by atoms with Crippen molar-refractivity contribution in [2.45, 2.75) is 37.3 Å². The Morgan fingerprint density at radius 2 is 1.94 bits per heavy atom. The van der Waals surface area contributed by atoms with Crippen molar-refractivity contribution in [1.29, 1.82) is 0 Å². The minimum absolute atomic E-state index is 0.0138. The number of halogens is 3. The highest BCUT2D eigenvalue weighted by Gasteiger charge is 2.46. The summed E-state index contributed by atoms with van der Waals surface area (Å²) in [7, 11) is 0. The fraction of sp³-hybridized carbons (Fsp3) is 0.400. The molecule has 3 heterocycles. The number of hydrogen-bond donors (Lipinski definition) is 1. The third kappa shape index (κ3) is 5.69. The summed E-state index contributed by atoms with van der Waals surface area (Å²) in [4.78, 5) is 31.9. The second-order valence-electron chi connectivity index (χ2n) is 6.85. The maximum Gasteiger partial charge on any atom is 0.490 e. The molecule has 0 radical (unpaired) electrons. The lowest BCUT2D eigenvalue weighted by Crippen LogP contribution is -2.54. The first-order valence-corrected chi connectivity index (χ1v) is 9.48. The Kier molecular flexibility index (Phi) is 7.06. The third-order valence-corrected chi connectivity index (χ3v) is 4.86. The molecule has 1 saturated heterocycles. The molecule has 4 rings (SSSR count). The summed E-state index contributed by atoms with van der Waals surface area (Å²) in [5, 5.41) is 7.12. The lowest BCUT2D eigenvalue weighted by Gasteiger charge is -2.38. The van der Waals surface area contributed by atoms with E-state index in [0.717, 1.165) is 12.8 Å². The number of ether oxygens (including phenoxy) is 2. The topological polar surface area (TPSA) is 102 Å². The summed E-state index contributed by atoms with van der Waals surface area (Å²) >= 11 is 0. The normalized spacial score (nSPS) is 22.7. The predicted molar refractivity (Wildman–Crippen MR) is 100 cm³/mol. The number of morpholine rings is 1. The molecule has 1 saturated carbocycles. The van der Waals surface area contributed by atoms with E-state index in [4.69, 9.17) is 19.4 Å². The van der Waals surface area contributed by atoms with E-state index in [1.165, 1.54) is 0 Å². The van der Waals surface area contributed by atoms with E-state index in [1.807, 2.05) is 23.1 Å². The number of amides is 1. The van der Waals surface area contributed by atoms with Gasteiger partial charge in [-0.2, -0.15) is 13.2 Å². The van der Waals surface area contributed by atoms with Gasteiger partial charge in [-0.25, -0.2) is 9.78 Å². The van der Waals surface area contributed by atoms with Gasteiger partial charge in [0.1, 0.15) is 12.2 Å². The minimum Gasteiger partial charge on any atom is -0.475 e. The summed E-state index contributed by atoms with van der Waals surface area (Å²) in [5.74, 6) is -2.14. The van der Waals surface area contributed by atoms with E-state index >= 15 is 0 Å². The molecule has 11 heteroatoms. The number of carbonyl (C=O) groups is 2. The molecular weight excluding hydrogens is 419 g/mol. The van der Waals surface area contributed by atoms with Crippen LogP contribution in [-0.2, 0) is 9.53 Å². The summed E-state index contributed by atoms with van der Waals surface area (Å²) in [5.41, 5.74) is 0.618. The van der Waals surface area contributed by atoms with Crippen LogP contribution in [0.25, 0.3) is 0 Å². The fourth-order valence-electron chi connectivity index (χ4n) is 3.52. The number of pyridine rings is 2. The number of carboxylic acid groups (broad SMARTS) is 1. The maximum absolute atomic E-state index is 12.8. The molecule has 0 bridgehead atoms. The molecule has 2 aromatic heterocycles. The molecule has 166 valence electrons. The number of hydrogen-bond acceptors (Lipinski definition) is 6. The van der Waals surface area contributed by atoms with Gasteiger partial charge < -0.3 is 19.5 Å². The van der Waals surface area contributed by atoms with Crippen molar-refractivity contribution >= 4 is 11.9 Å². The van der Waals surface area contributed by atoms with E-state index in [2.05, 4.69) is 9.97 Å². The number of carbonyl (C=O) groups excluding carboxylic acids is 1. The second kappa shape index (κ2) is 9.73. The summed E-state index contributed by atoms with van der Waals surface area (Å²) in [6.45, 7) is 1.13. The largest absolute Gasteiger partial charge is 0.490 e. The van der Waals surface area contributed by atoms with E-state index < -0.39 is 12.1 Å². The first-order chi connectivity index (χ1) is 14.8. The SMILES string of the molecule is O=C(O)C(F)(F)F.O=C(c1cccnc1)N1CCO[C@H]2[C@H](Oc3ccccn3)CC[C@@H]21. The van der Waals surface area contributed by atoms with Crippen LogP contribution in [0.4, 0.5) is 13.2 Å². The minimum atomic E-state index is -5.08. The van der Waals surface area contributed by atoms with Crippen LogP contribution in [0.15, 0.2) is 48.9 Å². The highest BCUT2D eigenvalue weighted by Crippen LogP contribution is 2.33. The molecule has 2 aliphatic rings. The van der Waals surface area contributed by atoms with Gasteiger partial charge in [0, 0.05) is 31.2 Å². The van der Waals surface area contributed by atoms with Crippen LogP contribution in [-0.4, -0.2) is 69.4 Å². The van der Waals surface area contributed by atoms with Gasteiger partial charge in [0.05, 0.1) is 18.2 Å². The molecule has 2 aromatic rings. The molecule has 1 amide bonds. The summed E-state index contributed by atoms with van der Waals surface area (Å²) < 4.78 is 43.7. The Morgan fingerprint density at radius 3 is 2.55 bits per heavy atom. The first-order valence-electron chi connectivity index (χ1n) is 9.48. The Bertz CT molecular complexity index is 883. The van der Waals surface area contributed by atoms with Gasteiger partial charge in [-0.3, -0.25) is 9.78 Å². The zero-order chi connectivity index (χ0) is 22.4. The number of fused-ring (bicyclic) bond motifs is 1. The van der Waals surface area contributed by atoms with Crippen LogP contribution in [0.5, 0.6) is 5.88 Å². The molecule has 0 aromatic carbocycles. The van der Waals surface area contributed by atoms with Crippen molar-refractivity contribution in [3.63, 3.8) is 0 Å². The molecule has 1 N–H and O–H groups in total. The molecule has 0 unspecified atom stereocenters. The molecule has 3 atom stereocenters. The Labute approximate surface area is 175 Å². The molecule has 0 spiro atoms. The van der Waals surface area contributed by atoms with Crippen LogP contribution < -0.4 is 4.74 Å². The standard InChI is InChI=1S/C18H19N3O3.C2HF3O2/c22-18(13-4-3-8-19-12-13)21-10-11-23-17-14(21)6-7-15(17)24-16-5-1-2-9-20-16;3-2(4,5)1(6)7/h1-5,8-9,12,14-15,17H,6-7,10-11H2;(H,6,7)/t14-,15+,17+;/m0./s1. The summed E-state index contributed by atoms with van der Waals surface area (Å²) in [6, 6.07) is 9.22. The molecule has 8 nitrogen and oxygen atoms in total. The van der Waals surface area contributed by atoms with E-state index in [-0.39, 0.29) is 24.2 Å². The van der Waals surface area contributed by atoms with Crippen molar-refractivity contribution in [2.24, 2.45) is 0 Å². The van der Waals surface area contributed by atoms with Gasteiger partial charge in [-0.1, -0.05) is 6.07 Å². The van der Waals surface area contributed by atoms with Crippen LogP contribution in [0.3, 0.4) is 0 Å². The van der Waals surface area contributed by atoms with Gasteiger partial charge in [-0.05, 0) is 31.0 Å². The Balaban J connectivity index is 0.000000339. The van der Waals surface area contributed by atoms with Gasteiger partial charge in [0.2, 0.25) is 5.88 Å². The van der Waals surface area contributed by atoms with Crippen molar-refractivity contribution in [2.75, 3.05) is 13.2 Å². The number of rotatable bonds is 3. The van der Waals surface area contributed by atoms with Gasteiger partial charge in [0.25, 0.3) is 5.91 Å². The van der Waals surface area contributed by atoms with Gasteiger partial charge >= 0.3 is 12.1 Å². The van der Waals surface area contributed by atoms with E-state index in [1.54, 1.807) is 30.7 Å². The van der Waals surface area contributed by atoms with Crippen LogP contribution in [0.2, 0.25) is 0 Å². The van der Waals surface area contributed by atoms with Crippen molar-refractivity contribution in [3.05, 3.63) is 54.5 Å². The Morgan fingerprint density at radius 1 is 1.16 bits per heavy atom. The zero-order valence-electron chi connectivity index (χ0n) is 16.2. The molecule has 31 heavy (non-hydrogen) atoms. The lowest BCUT2D eigenvalue weighted by atomic mass is 10.1. The number of nitrogens with zero attached hydrogens (tertiary/aromatic N) is 3. The molecular formula is C20H20F3N3O5. The lowest BCUT2D eigenvalue weighted by molar-refractivity contribution is -0.192. The smallest absolute Gasteiger partial charge is 0.475 e. The third-order valence-electron chi connectivity index (χ3n) is 4.86. The highest BCUT2D eigenvalue weighted by molar-refractivity contribution is 5.94. The average molecular weight is 439 g/mol. The highest BCUT2D eigenvalue weighted by atomic mass is 19.4. The summed E-state index contributed by atoms with van der Waals surface area (Å²) in [6.07, 6.45) is 1.45. The second-order valence-corrected chi connectivity index (χ2v) is 6.85. The quantitative estimate of drug-likeness (QED) is 0.784. The number of alkyl halides is 3. The van der Waals surface area contributed by atoms with E-state index in [0.29, 0.717) is 24.6 Å². The maximum atomic E-state index is 12.8. The Hall–Kier alpha value is -3.21. The average Bonchev–Trinajstić information content (AvgIpc) is 3.17. The first kappa shape index (κ1) is 22.5. The monoisotopic (exact) mass is 439 g/mol. The van der Waals surface area contributed by atoms with Gasteiger partial charge in [-0.15, -0.1) is 0 Å². The molecule has 1 aliphatic heterocycles. The zero-order valence-corrected chi connectivity index (χ0v) is 16.2. The van der Waals surface area contributed by atoms with Crippen LogP contribution in [0.1, 0.15) is 23.2 Å². The number of aromatic nitrogens is 2. The number of aliphatic carboxylic acids is 1. The van der Waals surface area contributed by atoms with Crippen molar-refractivity contribution in [3.8, 4) is 5.88 Å². The molecule has 1 aliphatic carbocycles. The van der Waals surface area contributed by atoms with Gasteiger partial charge in [0.15, 0.2) is 0 Å². The number of carboxylic acids is 1. The van der Waals surface area contributed by atoms with E-state index in [9.17, 15) is 18.0 Å². The van der Waals surface area contributed by atoms with Crippen LogP contribution >= 0.6 is 0 Å². The fourth-order valence-corrected chi connectivity index (χ4v) is 3.52. The van der Waals surface area contributed by atoms with Crippen molar-refractivity contribution < 1.29 is 37.3 Å².